The number of hydrogen-bond acceptors (Lipinski definition) is 4. The average Bonchev–Trinajstić information content (AvgIpc) is 3.09. The first-order valence-corrected chi connectivity index (χ1v) is 7.78. The van der Waals surface area contributed by atoms with E-state index in [0.717, 1.165) is 24.6 Å². The first-order chi connectivity index (χ1) is 8.53. The van der Waals surface area contributed by atoms with Crippen LogP contribution in [0.3, 0.4) is 0 Å². The minimum absolute atomic E-state index is 0.308. The number of nitrogens with one attached hydrogen (secondary N) is 1. The van der Waals surface area contributed by atoms with Crippen molar-refractivity contribution >= 4 is 11.3 Å². The molecule has 2 N–H and O–H groups in total. The maximum atomic E-state index is 10.3. The molecule has 102 valence electrons. The van der Waals surface area contributed by atoms with Gasteiger partial charge in [-0.25, -0.2) is 4.98 Å². The molecule has 1 saturated carbocycles. The highest BCUT2D eigenvalue weighted by molar-refractivity contribution is 7.09. The van der Waals surface area contributed by atoms with E-state index in [-0.39, 0.29) is 0 Å². The van der Waals surface area contributed by atoms with Crippen molar-refractivity contribution in [1.82, 2.24) is 10.3 Å². The molecule has 2 unspecified atom stereocenters. The van der Waals surface area contributed by atoms with E-state index in [4.69, 9.17) is 0 Å². The van der Waals surface area contributed by atoms with Crippen molar-refractivity contribution < 1.29 is 5.11 Å². The van der Waals surface area contributed by atoms with Crippen LogP contribution in [-0.4, -0.2) is 22.2 Å². The molecular weight excluding hydrogens is 244 g/mol. The van der Waals surface area contributed by atoms with Crippen molar-refractivity contribution in [3.63, 3.8) is 0 Å². The molecule has 18 heavy (non-hydrogen) atoms. The molecule has 1 aliphatic carbocycles. The van der Waals surface area contributed by atoms with Crippen molar-refractivity contribution in [3.8, 4) is 0 Å². The van der Waals surface area contributed by atoms with E-state index in [2.05, 4.69) is 29.5 Å². The lowest BCUT2D eigenvalue weighted by molar-refractivity contribution is 0.00530. The quantitative estimate of drug-likeness (QED) is 0.799. The highest BCUT2D eigenvalue weighted by Crippen LogP contribution is 2.41. The number of thiazole rings is 1. The molecule has 0 aliphatic heterocycles. The Hall–Kier alpha value is -0.450. The summed E-state index contributed by atoms with van der Waals surface area (Å²) in [6, 6.07) is 0. The molecule has 1 aliphatic rings. The normalized spacial score (nSPS) is 20.7. The van der Waals surface area contributed by atoms with Crippen LogP contribution in [-0.2, 0) is 6.54 Å². The van der Waals surface area contributed by atoms with Gasteiger partial charge in [0.15, 0.2) is 0 Å². The topological polar surface area (TPSA) is 45.1 Å². The Morgan fingerprint density at radius 1 is 1.61 bits per heavy atom. The van der Waals surface area contributed by atoms with Crippen LogP contribution in [0.5, 0.6) is 0 Å². The van der Waals surface area contributed by atoms with Gasteiger partial charge < -0.3 is 10.4 Å². The Kier molecular flexibility index (Phi) is 4.41. The zero-order valence-corrected chi connectivity index (χ0v) is 12.4. The molecule has 0 spiro atoms. The van der Waals surface area contributed by atoms with Crippen molar-refractivity contribution in [1.29, 1.82) is 0 Å². The van der Waals surface area contributed by atoms with Gasteiger partial charge in [0.05, 0.1) is 16.3 Å². The monoisotopic (exact) mass is 268 g/mol. The number of nitrogens with zero attached hydrogens (tertiary/aromatic N) is 1. The van der Waals surface area contributed by atoms with Crippen LogP contribution >= 0.6 is 11.3 Å². The van der Waals surface area contributed by atoms with Crippen molar-refractivity contribution in [3.05, 3.63) is 16.1 Å². The maximum absolute atomic E-state index is 10.3. The fourth-order valence-electron chi connectivity index (χ4n) is 1.98. The van der Waals surface area contributed by atoms with E-state index in [9.17, 15) is 5.11 Å². The summed E-state index contributed by atoms with van der Waals surface area (Å²) in [6.07, 6.45) is 3.61. The highest BCUT2D eigenvalue weighted by atomic mass is 32.1. The predicted octanol–water partition coefficient (Wildman–Crippen LogP) is 2.91. The lowest BCUT2D eigenvalue weighted by Crippen LogP contribution is -2.42. The third-order valence-corrected chi connectivity index (χ3v) is 5.02. The Morgan fingerprint density at radius 2 is 2.33 bits per heavy atom. The molecule has 0 aromatic carbocycles. The van der Waals surface area contributed by atoms with Crippen LogP contribution in [0.2, 0.25) is 0 Å². The van der Waals surface area contributed by atoms with Crippen LogP contribution < -0.4 is 5.32 Å². The van der Waals surface area contributed by atoms with E-state index in [1.165, 1.54) is 17.8 Å². The van der Waals surface area contributed by atoms with E-state index in [1.54, 1.807) is 11.3 Å². The van der Waals surface area contributed by atoms with Gasteiger partial charge in [-0.3, -0.25) is 0 Å². The number of hydrogen-bond donors (Lipinski definition) is 2. The summed E-state index contributed by atoms with van der Waals surface area (Å²) in [5.74, 6) is 1.05. The minimum Gasteiger partial charge on any atom is -0.389 e. The number of rotatable bonds is 7. The largest absolute Gasteiger partial charge is 0.389 e. The number of aromatic nitrogens is 1. The summed E-state index contributed by atoms with van der Waals surface area (Å²) in [5, 5.41) is 17.0. The molecule has 0 saturated heterocycles. The van der Waals surface area contributed by atoms with Gasteiger partial charge >= 0.3 is 0 Å². The lowest BCUT2D eigenvalue weighted by Gasteiger charge is -2.29. The third kappa shape index (κ3) is 3.53. The summed E-state index contributed by atoms with van der Waals surface area (Å²) in [5.41, 5.74) is 0.478. The van der Waals surface area contributed by atoms with Crippen molar-refractivity contribution in [2.24, 2.45) is 5.92 Å². The van der Waals surface area contributed by atoms with Gasteiger partial charge in [-0.1, -0.05) is 20.3 Å². The average molecular weight is 268 g/mol. The van der Waals surface area contributed by atoms with Gasteiger partial charge in [-0.05, 0) is 25.7 Å². The van der Waals surface area contributed by atoms with Crippen LogP contribution in [0.4, 0.5) is 0 Å². The van der Waals surface area contributed by atoms with Crippen molar-refractivity contribution in [2.75, 3.05) is 6.54 Å². The molecule has 0 amide bonds. The molecular formula is C14H24N2OS. The zero-order chi connectivity index (χ0) is 13.2. The molecule has 3 nitrogen and oxygen atoms in total. The zero-order valence-electron chi connectivity index (χ0n) is 11.6. The van der Waals surface area contributed by atoms with Crippen LogP contribution in [0, 0.1) is 5.92 Å². The maximum Gasteiger partial charge on any atom is 0.0959 e. The Morgan fingerprint density at radius 3 is 2.94 bits per heavy atom. The van der Waals surface area contributed by atoms with Crippen LogP contribution in [0.15, 0.2) is 5.38 Å². The predicted molar refractivity (Wildman–Crippen MR) is 75.9 cm³/mol. The second-order valence-electron chi connectivity index (χ2n) is 5.72. The Bertz CT molecular complexity index is 385. The van der Waals surface area contributed by atoms with Crippen LogP contribution in [0.25, 0.3) is 0 Å². The molecule has 1 aromatic heterocycles. The third-order valence-electron chi connectivity index (χ3n) is 3.96. The smallest absolute Gasteiger partial charge is 0.0959 e. The van der Waals surface area contributed by atoms with E-state index in [1.807, 2.05) is 6.92 Å². The fraction of sp³-hybridized carbons (Fsp3) is 0.786. The van der Waals surface area contributed by atoms with E-state index in [0.29, 0.717) is 12.5 Å². The summed E-state index contributed by atoms with van der Waals surface area (Å²) in [6.45, 7) is 7.50. The van der Waals surface area contributed by atoms with Crippen molar-refractivity contribution in [2.45, 2.75) is 58.1 Å². The Balaban J connectivity index is 1.77. The molecule has 1 heterocycles. The fourth-order valence-corrected chi connectivity index (χ4v) is 2.97. The second-order valence-corrected chi connectivity index (χ2v) is 6.61. The van der Waals surface area contributed by atoms with Gasteiger partial charge in [-0.2, -0.15) is 0 Å². The van der Waals surface area contributed by atoms with E-state index < -0.39 is 5.60 Å². The molecule has 2 rings (SSSR count). The van der Waals surface area contributed by atoms with Gasteiger partial charge in [0.2, 0.25) is 0 Å². The summed E-state index contributed by atoms with van der Waals surface area (Å²) < 4.78 is 0. The lowest BCUT2D eigenvalue weighted by atomic mass is 9.89. The second kappa shape index (κ2) is 5.68. The first-order valence-electron chi connectivity index (χ1n) is 6.90. The summed E-state index contributed by atoms with van der Waals surface area (Å²) in [7, 11) is 0. The molecule has 1 aromatic rings. The molecule has 0 radical (unpaired) electrons. The highest BCUT2D eigenvalue weighted by Gasteiger charge is 2.27. The number of aliphatic hydroxyl groups is 1. The van der Waals surface area contributed by atoms with Gasteiger partial charge in [0, 0.05) is 24.4 Å². The molecule has 2 atom stereocenters. The molecule has 4 heteroatoms. The van der Waals surface area contributed by atoms with Crippen LogP contribution in [0.1, 0.15) is 56.7 Å². The van der Waals surface area contributed by atoms with Gasteiger partial charge in [0.25, 0.3) is 0 Å². The molecule has 0 bridgehead atoms. The first kappa shape index (κ1) is 14.0. The summed E-state index contributed by atoms with van der Waals surface area (Å²) in [4.78, 5) is 4.63. The van der Waals surface area contributed by atoms with Gasteiger partial charge in [0.1, 0.15) is 0 Å². The molecule has 1 fully saturated rings. The minimum atomic E-state index is -0.635. The van der Waals surface area contributed by atoms with E-state index >= 15 is 0 Å². The SMILES string of the molecule is CCC(C)C(C)(O)CNCc1csc(C2CC2)n1. The van der Waals surface area contributed by atoms with Gasteiger partial charge in [-0.15, -0.1) is 11.3 Å². The Labute approximate surface area is 114 Å². The standard InChI is InChI=1S/C14H24N2OS/c1-4-10(2)14(3,17)9-15-7-12-8-18-13(16-12)11-5-6-11/h8,10-11,15,17H,4-7,9H2,1-3H3. The summed E-state index contributed by atoms with van der Waals surface area (Å²) >= 11 is 1.78.